The minimum Gasteiger partial charge on any atom is -0.397 e. The van der Waals surface area contributed by atoms with Crippen LogP contribution in [-0.2, 0) is 14.1 Å². The Morgan fingerprint density at radius 1 is 1.11 bits per heavy atom. The predicted octanol–water partition coefficient (Wildman–Crippen LogP) is 0.255. The third-order valence-corrected chi connectivity index (χ3v) is 3.52. The number of hydrogen-bond donors (Lipinski definition) is 6. The third-order valence-electron chi connectivity index (χ3n) is 3.52. The van der Waals surface area contributed by atoms with Gasteiger partial charge in [0.25, 0.3) is 11.8 Å². The monoisotopic (exact) mass is 418 g/mol. The lowest BCUT2D eigenvalue weighted by Gasteiger charge is -2.11. The molecule has 2 rings (SSSR count). The van der Waals surface area contributed by atoms with Crippen molar-refractivity contribution in [2.75, 3.05) is 24.1 Å². The van der Waals surface area contributed by atoms with E-state index in [2.05, 4.69) is 16.0 Å². The highest BCUT2D eigenvalue weighted by Gasteiger charge is 2.19. The van der Waals surface area contributed by atoms with Gasteiger partial charge in [-0.3, -0.25) is 15.0 Å². The highest BCUT2D eigenvalue weighted by atomic mass is 35.5. The van der Waals surface area contributed by atoms with Crippen molar-refractivity contribution < 1.29 is 9.59 Å². The van der Waals surface area contributed by atoms with Crippen molar-refractivity contribution in [3.8, 4) is 0 Å². The zero-order chi connectivity index (χ0) is 18.6. The Morgan fingerprint density at radius 2 is 1.74 bits per heavy atom. The molecule has 27 heavy (non-hydrogen) atoms. The molecule has 8 N–H and O–H groups in total. The minimum atomic E-state index is -0.363. The van der Waals surface area contributed by atoms with Crippen molar-refractivity contribution >= 4 is 54.0 Å². The number of anilines is 2. The molecule has 0 atom stereocenters. The van der Waals surface area contributed by atoms with Crippen LogP contribution in [0.15, 0.2) is 24.5 Å². The molecule has 0 radical (unpaired) electrons. The van der Waals surface area contributed by atoms with Crippen LogP contribution < -0.4 is 27.4 Å². The minimum absolute atomic E-state index is 0. The van der Waals surface area contributed by atoms with Gasteiger partial charge in [-0.2, -0.15) is 0 Å². The fourth-order valence-corrected chi connectivity index (χ4v) is 2.37. The number of nitrogens with one attached hydrogen (secondary N) is 4. The Labute approximate surface area is 169 Å². The van der Waals surface area contributed by atoms with E-state index in [4.69, 9.17) is 16.9 Å². The molecule has 0 aliphatic rings. The first-order valence-electron chi connectivity index (χ1n) is 7.54. The van der Waals surface area contributed by atoms with Crippen molar-refractivity contribution in [3.63, 3.8) is 0 Å². The topological polar surface area (TPSA) is 156 Å². The number of carbonyl (C=O) groups excluding carboxylic acids is 2. The van der Waals surface area contributed by atoms with E-state index in [0.29, 0.717) is 29.3 Å². The van der Waals surface area contributed by atoms with Crippen LogP contribution in [0, 0.1) is 5.41 Å². The fraction of sp³-hybridized carbons (Fsp3) is 0.267. The second-order valence-electron chi connectivity index (χ2n) is 5.51. The van der Waals surface area contributed by atoms with Crippen LogP contribution in [0.1, 0.15) is 21.0 Å². The fourth-order valence-electron chi connectivity index (χ4n) is 2.37. The molecular formula is C15H24Cl2N8O2. The molecule has 2 aromatic rings. The molecule has 0 spiro atoms. The smallest absolute Gasteiger partial charge is 0.272 e. The average molecular weight is 419 g/mol. The molecule has 0 aliphatic carbocycles. The summed E-state index contributed by atoms with van der Waals surface area (Å²) in [7, 11) is 3.42. The van der Waals surface area contributed by atoms with E-state index in [1.807, 2.05) is 0 Å². The highest BCUT2D eigenvalue weighted by molar-refractivity contribution is 6.08. The molecule has 0 bridgehead atoms. The van der Waals surface area contributed by atoms with Crippen LogP contribution in [0.2, 0.25) is 0 Å². The van der Waals surface area contributed by atoms with Crippen molar-refractivity contribution in [2.45, 2.75) is 0 Å². The van der Waals surface area contributed by atoms with Crippen LogP contribution in [0.5, 0.6) is 0 Å². The SMILES string of the molecule is Cl.Cl.Cn1cc(N)cc1C(=O)Nc1ccn(C)c1C(=O)NCCNC(=N)N. The summed E-state index contributed by atoms with van der Waals surface area (Å²) in [6, 6.07) is 3.21. The van der Waals surface area contributed by atoms with Gasteiger partial charge < -0.3 is 36.6 Å². The molecule has 2 amide bonds. The summed E-state index contributed by atoms with van der Waals surface area (Å²) in [5, 5.41) is 15.1. The predicted molar refractivity (Wildman–Crippen MR) is 110 cm³/mol. The van der Waals surface area contributed by atoms with E-state index in [1.165, 1.54) is 0 Å². The lowest BCUT2D eigenvalue weighted by molar-refractivity contribution is 0.0947. The summed E-state index contributed by atoms with van der Waals surface area (Å²) in [5.41, 5.74) is 12.4. The van der Waals surface area contributed by atoms with Crippen LogP contribution in [0.3, 0.4) is 0 Å². The van der Waals surface area contributed by atoms with Gasteiger partial charge in [-0.1, -0.05) is 0 Å². The van der Waals surface area contributed by atoms with Crippen molar-refractivity contribution in [2.24, 2.45) is 19.8 Å². The summed E-state index contributed by atoms with van der Waals surface area (Å²) >= 11 is 0. The zero-order valence-electron chi connectivity index (χ0n) is 14.9. The van der Waals surface area contributed by atoms with Gasteiger partial charge >= 0.3 is 0 Å². The van der Waals surface area contributed by atoms with Crippen LogP contribution >= 0.6 is 24.8 Å². The highest BCUT2D eigenvalue weighted by Crippen LogP contribution is 2.18. The van der Waals surface area contributed by atoms with Gasteiger partial charge in [0.1, 0.15) is 11.4 Å². The van der Waals surface area contributed by atoms with E-state index in [-0.39, 0.29) is 49.1 Å². The number of aromatic nitrogens is 2. The van der Waals surface area contributed by atoms with Gasteiger partial charge in [-0.15, -0.1) is 24.8 Å². The number of nitrogen functional groups attached to an aromatic ring is 1. The Balaban J connectivity index is 0.00000338. The largest absolute Gasteiger partial charge is 0.397 e. The molecule has 0 aliphatic heterocycles. The summed E-state index contributed by atoms with van der Waals surface area (Å²) in [6.07, 6.45) is 3.31. The second kappa shape index (κ2) is 10.3. The molecule has 12 heteroatoms. The molecule has 0 unspecified atom stereocenters. The molecule has 150 valence electrons. The Morgan fingerprint density at radius 3 is 2.30 bits per heavy atom. The standard InChI is InChI=1S/C15H22N8O2.2ClH/c1-22-6-3-10(12(22)14(25)19-4-5-20-15(17)18)21-13(24)11-7-9(16)8-23(11)2;;/h3,6-8H,4-5,16H2,1-2H3,(H,19,25)(H,21,24)(H4,17,18,20);2*1H. The van der Waals surface area contributed by atoms with E-state index < -0.39 is 0 Å². The van der Waals surface area contributed by atoms with Gasteiger partial charge in [-0.05, 0) is 12.1 Å². The first-order valence-corrected chi connectivity index (χ1v) is 7.54. The van der Waals surface area contributed by atoms with Gasteiger partial charge in [0, 0.05) is 39.6 Å². The van der Waals surface area contributed by atoms with Crippen LogP contribution in [-0.4, -0.2) is 40.0 Å². The normalized spacial score (nSPS) is 9.56. The van der Waals surface area contributed by atoms with Crippen molar-refractivity contribution in [3.05, 3.63) is 35.9 Å². The number of nitrogens with zero attached hydrogens (tertiary/aromatic N) is 2. The molecule has 0 saturated heterocycles. The number of rotatable bonds is 6. The van der Waals surface area contributed by atoms with Gasteiger partial charge in [0.05, 0.1) is 11.4 Å². The summed E-state index contributed by atoms with van der Waals surface area (Å²) in [6.45, 7) is 0.612. The van der Waals surface area contributed by atoms with Gasteiger partial charge in [-0.25, -0.2) is 0 Å². The third kappa shape index (κ3) is 6.12. The van der Waals surface area contributed by atoms with E-state index in [1.54, 1.807) is 47.8 Å². The zero-order valence-corrected chi connectivity index (χ0v) is 16.5. The Hall–Kier alpha value is -2.85. The molecule has 2 aromatic heterocycles. The molecular weight excluding hydrogens is 395 g/mol. The van der Waals surface area contributed by atoms with Crippen molar-refractivity contribution in [1.82, 2.24) is 19.8 Å². The maximum atomic E-state index is 12.4. The number of hydrogen-bond acceptors (Lipinski definition) is 4. The first kappa shape index (κ1) is 24.1. The van der Waals surface area contributed by atoms with Gasteiger partial charge in [0.15, 0.2) is 5.96 Å². The number of carbonyl (C=O) groups is 2. The molecule has 0 fully saturated rings. The van der Waals surface area contributed by atoms with E-state index >= 15 is 0 Å². The summed E-state index contributed by atoms with van der Waals surface area (Å²) in [5.74, 6) is -0.875. The van der Waals surface area contributed by atoms with Crippen LogP contribution in [0.25, 0.3) is 0 Å². The summed E-state index contributed by atoms with van der Waals surface area (Å²) < 4.78 is 3.23. The maximum Gasteiger partial charge on any atom is 0.272 e. The number of nitrogens with two attached hydrogens (primary N) is 2. The summed E-state index contributed by atoms with van der Waals surface area (Å²) in [4.78, 5) is 24.8. The van der Waals surface area contributed by atoms with E-state index in [0.717, 1.165) is 0 Å². The lowest BCUT2D eigenvalue weighted by Crippen LogP contribution is -2.38. The quantitative estimate of drug-likeness (QED) is 0.225. The molecule has 0 aromatic carbocycles. The molecule has 0 saturated carbocycles. The molecule has 2 heterocycles. The lowest BCUT2D eigenvalue weighted by atomic mass is 10.3. The van der Waals surface area contributed by atoms with Crippen LogP contribution in [0.4, 0.5) is 11.4 Å². The Bertz CT molecular complexity index is 815. The van der Waals surface area contributed by atoms with Crippen molar-refractivity contribution in [1.29, 1.82) is 5.41 Å². The Kier molecular flexibility index (Phi) is 9.24. The first-order chi connectivity index (χ1) is 11.8. The number of amides is 2. The number of aryl methyl sites for hydroxylation is 2. The number of halogens is 2. The maximum absolute atomic E-state index is 12.4. The molecule has 10 nitrogen and oxygen atoms in total. The average Bonchev–Trinajstić information content (AvgIpc) is 3.05. The second-order valence-corrected chi connectivity index (χ2v) is 5.51. The number of guanidine groups is 1. The van der Waals surface area contributed by atoms with Gasteiger partial charge in [0.2, 0.25) is 0 Å². The van der Waals surface area contributed by atoms with E-state index in [9.17, 15) is 9.59 Å².